The van der Waals surface area contributed by atoms with Crippen LogP contribution in [0.15, 0.2) is 88.7 Å². The lowest BCUT2D eigenvalue weighted by molar-refractivity contribution is 1.04. The van der Waals surface area contributed by atoms with E-state index < -0.39 is 0 Å². The van der Waals surface area contributed by atoms with Crippen molar-refractivity contribution in [3.05, 3.63) is 94.8 Å². The standard InChI is InChI=1S/C25H22N2OS/c1-4-9-17(5-2)18-10-8-11-19(16-18)27-22-13-7-6-12-20(22)21-14-15-23(29-3)26-24(21)25(27)28/h4-16H,1-3H3/b9-4-,17-5+. The first-order chi connectivity index (χ1) is 14.2. The lowest BCUT2D eigenvalue weighted by Crippen LogP contribution is -2.20. The first kappa shape index (κ1) is 19.2. The summed E-state index contributed by atoms with van der Waals surface area (Å²) in [4.78, 5) is 18.2. The van der Waals surface area contributed by atoms with E-state index in [9.17, 15) is 4.79 Å². The van der Waals surface area contributed by atoms with E-state index in [0.717, 1.165) is 38.1 Å². The number of hydrogen-bond acceptors (Lipinski definition) is 3. The van der Waals surface area contributed by atoms with Gasteiger partial charge in [-0.2, -0.15) is 0 Å². The Morgan fingerprint density at radius 1 is 1.00 bits per heavy atom. The van der Waals surface area contributed by atoms with Crippen molar-refractivity contribution < 1.29 is 0 Å². The number of fused-ring (bicyclic) bond motifs is 3. The van der Waals surface area contributed by atoms with Crippen molar-refractivity contribution >= 4 is 39.1 Å². The molecule has 0 spiro atoms. The van der Waals surface area contributed by atoms with Gasteiger partial charge in [-0.1, -0.05) is 48.6 Å². The Labute approximate surface area is 174 Å². The van der Waals surface area contributed by atoms with Gasteiger partial charge in [-0.25, -0.2) is 4.98 Å². The number of thioether (sulfide) groups is 1. The van der Waals surface area contributed by atoms with Gasteiger partial charge in [-0.05, 0) is 61.6 Å². The minimum atomic E-state index is -0.0974. The molecule has 0 amide bonds. The van der Waals surface area contributed by atoms with Crippen LogP contribution < -0.4 is 5.56 Å². The van der Waals surface area contributed by atoms with Crippen molar-refractivity contribution in [2.75, 3.05) is 6.26 Å². The molecule has 0 N–H and O–H groups in total. The zero-order chi connectivity index (χ0) is 20.4. The fraction of sp³-hybridized carbons (Fsp3) is 0.120. The molecule has 4 heteroatoms. The summed E-state index contributed by atoms with van der Waals surface area (Å²) < 4.78 is 1.78. The molecule has 144 valence electrons. The lowest BCUT2D eigenvalue weighted by atomic mass is 10.0. The average molecular weight is 399 g/mol. The van der Waals surface area contributed by atoms with Gasteiger partial charge in [0.25, 0.3) is 5.56 Å². The minimum Gasteiger partial charge on any atom is -0.275 e. The molecular weight excluding hydrogens is 376 g/mol. The summed E-state index contributed by atoms with van der Waals surface area (Å²) in [6, 6.07) is 20.1. The summed E-state index contributed by atoms with van der Waals surface area (Å²) in [7, 11) is 0. The van der Waals surface area contributed by atoms with E-state index in [0.29, 0.717) is 5.52 Å². The van der Waals surface area contributed by atoms with E-state index in [1.807, 2.05) is 68.6 Å². The maximum Gasteiger partial charge on any atom is 0.282 e. The number of pyridine rings is 2. The number of benzene rings is 2. The van der Waals surface area contributed by atoms with Crippen LogP contribution in [-0.2, 0) is 0 Å². The largest absolute Gasteiger partial charge is 0.282 e. The molecule has 0 saturated heterocycles. The number of nitrogens with zero attached hydrogens (tertiary/aromatic N) is 2. The third-order valence-electron chi connectivity index (χ3n) is 5.01. The van der Waals surface area contributed by atoms with E-state index in [1.54, 1.807) is 4.57 Å². The molecule has 2 heterocycles. The van der Waals surface area contributed by atoms with Gasteiger partial charge in [-0.3, -0.25) is 9.36 Å². The quantitative estimate of drug-likeness (QED) is 0.232. The van der Waals surface area contributed by atoms with Crippen molar-refractivity contribution in [3.8, 4) is 5.69 Å². The van der Waals surface area contributed by atoms with E-state index >= 15 is 0 Å². The Kier molecular flexibility index (Phi) is 5.36. The van der Waals surface area contributed by atoms with Crippen LogP contribution in [0.2, 0.25) is 0 Å². The maximum absolute atomic E-state index is 13.6. The molecule has 0 aliphatic heterocycles. The van der Waals surface area contributed by atoms with Gasteiger partial charge >= 0.3 is 0 Å². The van der Waals surface area contributed by atoms with Crippen LogP contribution in [0, 0.1) is 0 Å². The van der Waals surface area contributed by atoms with Crippen molar-refractivity contribution in [1.29, 1.82) is 0 Å². The molecule has 0 bridgehead atoms. The Morgan fingerprint density at radius 2 is 1.83 bits per heavy atom. The summed E-state index contributed by atoms with van der Waals surface area (Å²) in [6.07, 6.45) is 8.14. The molecule has 0 atom stereocenters. The molecular formula is C25H22N2OS. The van der Waals surface area contributed by atoms with Gasteiger partial charge in [-0.15, -0.1) is 11.8 Å². The second kappa shape index (κ2) is 8.10. The Morgan fingerprint density at radius 3 is 2.59 bits per heavy atom. The fourth-order valence-corrected chi connectivity index (χ4v) is 4.05. The molecule has 0 unspecified atom stereocenters. The third kappa shape index (κ3) is 3.40. The molecule has 2 aromatic carbocycles. The molecule has 0 aliphatic carbocycles. The van der Waals surface area contributed by atoms with E-state index in [-0.39, 0.29) is 5.56 Å². The van der Waals surface area contributed by atoms with Gasteiger partial charge in [0.05, 0.1) is 10.5 Å². The molecule has 0 fully saturated rings. The Bertz CT molecular complexity index is 1330. The van der Waals surface area contributed by atoms with Crippen molar-refractivity contribution in [1.82, 2.24) is 9.55 Å². The number of hydrogen-bond donors (Lipinski definition) is 0. The van der Waals surface area contributed by atoms with Gasteiger partial charge in [0.1, 0.15) is 5.52 Å². The predicted octanol–water partition coefficient (Wildman–Crippen LogP) is 6.24. The smallest absolute Gasteiger partial charge is 0.275 e. The molecule has 2 aromatic heterocycles. The average Bonchev–Trinajstić information content (AvgIpc) is 2.77. The summed E-state index contributed by atoms with van der Waals surface area (Å²) >= 11 is 1.54. The van der Waals surface area contributed by atoms with Crippen LogP contribution in [0.3, 0.4) is 0 Å². The second-order valence-electron chi connectivity index (χ2n) is 6.70. The molecule has 4 rings (SSSR count). The highest BCUT2D eigenvalue weighted by Crippen LogP contribution is 2.27. The molecule has 3 nitrogen and oxygen atoms in total. The fourth-order valence-electron chi connectivity index (χ4n) is 3.67. The number of allylic oxidation sites excluding steroid dienone is 4. The lowest BCUT2D eigenvalue weighted by Gasteiger charge is -2.14. The second-order valence-corrected chi connectivity index (χ2v) is 7.53. The Balaban J connectivity index is 2.08. The zero-order valence-electron chi connectivity index (χ0n) is 16.7. The van der Waals surface area contributed by atoms with Gasteiger partial charge in [0.15, 0.2) is 0 Å². The molecule has 4 aromatic rings. The van der Waals surface area contributed by atoms with Crippen LogP contribution in [0.4, 0.5) is 0 Å². The molecule has 29 heavy (non-hydrogen) atoms. The maximum atomic E-state index is 13.6. The topological polar surface area (TPSA) is 34.9 Å². The van der Waals surface area contributed by atoms with Crippen molar-refractivity contribution in [2.24, 2.45) is 0 Å². The highest BCUT2D eigenvalue weighted by Gasteiger charge is 2.14. The van der Waals surface area contributed by atoms with Gasteiger partial charge in [0, 0.05) is 16.5 Å². The molecule has 0 saturated carbocycles. The van der Waals surface area contributed by atoms with Crippen LogP contribution >= 0.6 is 11.8 Å². The van der Waals surface area contributed by atoms with E-state index in [1.165, 1.54) is 11.8 Å². The van der Waals surface area contributed by atoms with E-state index in [2.05, 4.69) is 35.3 Å². The summed E-state index contributed by atoms with van der Waals surface area (Å²) in [6.45, 7) is 4.02. The number of aromatic nitrogens is 2. The van der Waals surface area contributed by atoms with Crippen LogP contribution in [-0.4, -0.2) is 15.8 Å². The normalized spacial score (nSPS) is 12.3. The first-order valence-electron chi connectivity index (χ1n) is 9.56. The number of rotatable bonds is 4. The van der Waals surface area contributed by atoms with Crippen LogP contribution in [0.25, 0.3) is 33.1 Å². The van der Waals surface area contributed by atoms with Crippen LogP contribution in [0.1, 0.15) is 19.4 Å². The monoisotopic (exact) mass is 398 g/mol. The summed E-state index contributed by atoms with van der Waals surface area (Å²) in [5.41, 5.74) is 4.32. The van der Waals surface area contributed by atoms with Crippen molar-refractivity contribution in [2.45, 2.75) is 18.9 Å². The number of para-hydroxylation sites is 1. The predicted molar refractivity (Wildman–Crippen MR) is 125 cm³/mol. The molecule has 0 radical (unpaired) electrons. The summed E-state index contributed by atoms with van der Waals surface area (Å²) in [5, 5.41) is 2.75. The first-order valence-corrected chi connectivity index (χ1v) is 10.8. The Hall–Kier alpha value is -3.11. The third-order valence-corrected chi connectivity index (χ3v) is 5.66. The van der Waals surface area contributed by atoms with Gasteiger partial charge < -0.3 is 0 Å². The van der Waals surface area contributed by atoms with Gasteiger partial charge in [0.2, 0.25) is 0 Å². The van der Waals surface area contributed by atoms with E-state index in [4.69, 9.17) is 0 Å². The highest BCUT2D eigenvalue weighted by atomic mass is 32.2. The van der Waals surface area contributed by atoms with Crippen LogP contribution in [0.5, 0.6) is 0 Å². The zero-order valence-corrected chi connectivity index (χ0v) is 17.5. The SMILES string of the molecule is C/C=C\C(=C/C)c1cccc(-n2c(=O)c3nc(SC)ccc3c3ccccc32)c1. The van der Waals surface area contributed by atoms with Crippen molar-refractivity contribution in [3.63, 3.8) is 0 Å². The molecule has 0 aliphatic rings. The minimum absolute atomic E-state index is 0.0974. The summed E-state index contributed by atoms with van der Waals surface area (Å²) in [5.74, 6) is 0. The highest BCUT2D eigenvalue weighted by molar-refractivity contribution is 7.98.